The Hall–Kier alpha value is -0.830. The van der Waals surface area contributed by atoms with Crippen LogP contribution in [0.3, 0.4) is 0 Å². The standard InChI is InChI=1S/C21H41N3/c1-2-3-4-5-6-7-8-9-10-11-12-13-14-15-16-21-23-18-20-24(21)19-17-22/h8-9H,2-7,10-20,22H2,1H3/b9-8+. The monoisotopic (exact) mass is 335 g/mol. The first-order chi connectivity index (χ1) is 11.9. The molecule has 140 valence electrons. The van der Waals surface area contributed by atoms with Crippen LogP contribution in [0.15, 0.2) is 17.1 Å². The molecule has 0 bridgehead atoms. The highest BCUT2D eigenvalue weighted by molar-refractivity contribution is 5.83. The van der Waals surface area contributed by atoms with Crippen molar-refractivity contribution < 1.29 is 0 Å². The molecule has 0 amide bonds. The van der Waals surface area contributed by atoms with Crippen molar-refractivity contribution in [1.82, 2.24) is 4.90 Å². The van der Waals surface area contributed by atoms with Crippen LogP contribution in [0.25, 0.3) is 0 Å². The lowest BCUT2D eigenvalue weighted by atomic mass is 10.1. The van der Waals surface area contributed by atoms with Gasteiger partial charge in [-0.2, -0.15) is 0 Å². The topological polar surface area (TPSA) is 41.6 Å². The second-order valence-electron chi connectivity index (χ2n) is 7.05. The zero-order valence-corrected chi connectivity index (χ0v) is 16.1. The minimum Gasteiger partial charge on any atom is -0.357 e. The molecule has 0 fully saturated rings. The molecular weight excluding hydrogens is 294 g/mol. The number of allylic oxidation sites excluding steroid dienone is 2. The van der Waals surface area contributed by atoms with E-state index in [0.29, 0.717) is 0 Å². The van der Waals surface area contributed by atoms with Crippen molar-refractivity contribution in [3.63, 3.8) is 0 Å². The van der Waals surface area contributed by atoms with Gasteiger partial charge in [-0.15, -0.1) is 0 Å². The molecule has 0 aromatic heterocycles. The van der Waals surface area contributed by atoms with Crippen LogP contribution in [0.4, 0.5) is 0 Å². The second-order valence-corrected chi connectivity index (χ2v) is 7.05. The van der Waals surface area contributed by atoms with E-state index in [0.717, 1.165) is 32.6 Å². The summed E-state index contributed by atoms with van der Waals surface area (Å²) in [6.45, 7) is 6.05. The Morgan fingerprint density at radius 1 is 0.917 bits per heavy atom. The number of rotatable bonds is 16. The summed E-state index contributed by atoms with van der Waals surface area (Å²) in [4.78, 5) is 6.98. The third kappa shape index (κ3) is 10.9. The maximum Gasteiger partial charge on any atom is 0.0990 e. The molecule has 3 heteroatoms. The van der Waals surface area contributed by atoms with Crippen LogP contribution in [0.1, 0.15) is 90.4 Å². The first-order valence-corrected chi connectivity index (χ1v) is 10.5. The molecule has 0 aliphatic carbocycles. The van der Waals surface area contributed by atoms with Gasteiger partial charge in [-0.1, -0.05) is 64.0 Å². The van der Waals surface area contributed by atoms with Gasteiger partial charge in [-0.25, -0.2) is 0 Å². The fourth-order valence-corrected chi connectivity index (χ4v) is 3.34. The Balaban J connectivity index is 1.84. The Bertz CT molecular complexity index is 336. The third-order valence-electron chi connectivity index (χ3n) is 4.84. The van der Waals surface area contributed by atoms with E-state index in [1.165, 1.54) is 82.9 Å². The normalized spacial score (nSPS) is 14.8. The summed E-state index contributed by atoms with van der Waals surface area (Å²) in [7, 11) is 0. The molecule has 1 rings (SSSR count). The van der Waals surface area contributed by atoms with E-state index < -0.39 is 0 Å². The molecule has 0 spiro atoms. The van der Waals surface area contributed by atoms with Crippen LogP contribution < -0.4 is 5.73 Å². The summed E-state index contributed by atoms with van der Waals surface area (Å²) in [5, 5.41) is 0. The number of hydrogen-bond donors (Lipinski definition) is 1. The number of aliphatic imine (C=N–C) groups is 1. The van der Waals surface area contributed by atoms with Crippen LogP contribution in [0.2, 0.25) is 0 Å². The Morgan fingerprint density at radius 3 is 2.21 bits per heavy atom. The van der Waals surface area contributed by atoms with E-state index in [2.05, 4.69) is 29.0 Å². The molecule has 0 aromatic carbocycles. The molecule has 24 heavy (non-hydrogen) atoms. The van der Waals surface area contributed by atoms with Crippen molar-refractivity contribution in [3.05, 3.63) is 12.2 Å². The van der Waals surface area contributed by atoms with Crippen LogP contribution in [-0.2, 0) is 0 Å². The lowest BCUT2D eigenvalue weighted by molar-refractivity contribution is 0.456. The number of unbranched alkanes of at least 4 members (excludes halogenated alkanes) is 10. The van der Waals surface area contributed by atoms with E-state index in [1.54, 1.807) is 0 Å². The van der Waals surface area contributed by atoms with Crippen molar-refractivity contribution in [3.8, 4) is 0 Å². The average molecular weight is 336 g/mol. The van der Waals surface area contributed by atoms with Crippen molar-refractivity contribution in [2.24, 2.45) is 10.7 Å². The smallest absolute Gasteiger partial charge is 0.0990 e. The summed E-state index contributed by atoms with van der Waals surface area (Å²) in [5.74, 6) is 1.31. The van der Waals surface area contributed by atoms with E-state index in [1.807, 2.05) is 0 Å². The highest BCUT2D eigenvalue weighted by Gasteiger charge is 2.14. The largest absolute Gasteiger partial charge is 0.357 e. The average Bonchev–Trinajstić information content (AvgIpc) is 3.03. The molecule has 1 heterocycles. The van der Waals surface area contributed by atoms with Gasteiger partial charge in [0.05, 0.1) is 12.4 Å². The molecule has 0 radical (unpaired) electrons. The molecule has 0 aromatic rings. The van der Waals surface area contributed by atoms with Gasteiger partial charge < -0.3 is 10.6 Å². The maximum atomic E-state index is 5.65. The highest BCUT2D eigenvalue weighted by Crippen LogP contribution is 2.12. The fraction of sp³-hybridized carbons (Fsp3) is 0.857. The Labute approximate surface area is 150 Å². The quantitative estimate of drug-likeness (QED) is 0.307. The van der Waals surface area contributed by atoms with Gasteiger partial charge in [0.15, 0.2) is 0 Å². The van der Waals surface area contributed by atoms with Gasteiger partial charge in [0, 0.05) is 26.1 Å². The molecular formula is C21H41N3. The Kier molecular flexibility index (Phi) is 13.9. The minimum atomic E-state index is 0.741. The number of hydrogen-bond acceptors (Lipinski definition) is 3. The predicted molar refractivity (Wildman–Crippen MR) is 108 cm³/mol. The fourth-order valence-electron chi connectivity index (χ4n) is 3.34. The summed E-state index contributed by atoms with van der Waals surface area (Å²) < 4.78 is 0. The second kappa shape index (κ2) is 15.7. The molecule has 1 aliphatic rings. The van der Waals surface area contributed by atoms with Gasteiger partial charge in [-0.05, 0) is 32.1 Å². The predicted octanol–water partition coefficient (Wildman–Crippen LogP) is 5.31. The first kappa shape index (κ1) is 21.2. The van der Waals surface area contributed by atoms with E-state index >= 15 is 0 Å². The van der Waals surface area contributed by atoms with Crippen LogP contribution >= 0.6 is 0 Å². The zero-order chi connectivity index (χ0) is 17.3. The lowest BCUT2D eigenvalue weighted by Crippen LogP contribution is -2.32. The number of nitrogens with two attached hydrogens (primary N) is 1. The van der Waals surface area contributed by atoms with E-state index in [-0.39, 0.29) is 0 Å². The highest BCUT2D eigenvalue weighted by atomic mass is 15.2. The first-order valence-electron chi connectivity index (χ1n) is 10.5. The van der Waals surface area contributed by atoms with Crippen LogP contribution in [0, 0.1) is 0 Å². The summed E-state index contributed by atoms with van der Waals surface area (Å²) in [5.41, 5.74) is 5.65. The summed E-state index contributed by atoms with van der Waals surface area (Å²) in [6.07, 6.45) is 22.2. The Morgan fingerprint density at radius 2 is 1.54 bits per heavy atom. The number of nitrogens with zero attached hydrogens (tertiary/aromatic N) is 2. The van der Waals surface area contributed by atoms with Crippen molar-refractivity contribution in [2.75, 3.05) is 26.2 Å². The lowest BCUT2D eigenvalue weighted by Gasteiger charge is -2.19. The van der Waals surface area contributed by atoms with Gasteiger partial charge in [0.1, 0.15) is 0 Å². The summed E-state index contributed by atoms with van der Waals surface area (Å²) >= 11 is 0. The van der Waals surface area contributed by atoms with Gasteiger partial charge in [0.25, 0.3) is 0 Å². The minimum absolute atomic E-state index is 0.741. The van der Waals surface area contributed by atoms with Gasteiger partial charge in [0.2, 0.25) is 0 Å². The maximum absolute atomic E-state index is 5.65. The van der Waals surface area contributed by atoms with Crippen molar-refractivity contribution >= 4 is 5.84 Å². The molecule has 2 N–H and O–H groups in total. The van der Waals surface area contributed by atoms with E-state index in [9.17, 15) is 0 Å². The van der Waals surface area contributed by atoms with E-state index in [4.69, 9.17) is 5.73 Å². The van der Waals surface area contributed by atoms with Crippen LogP contribution in [-0.4, -0.2) is 36.9 Å². The summed E-state index contributed by atoms with van der Waals surface area (Å²) in [6, 6.07) is 0. The molecule has 0 saturated heterocycles. The molecule has 0 saturated carbocycles. The molecule has 3 nitrogen and oxygen atoms in total. The van der Waals surface area contributed by atoms with Gasteiger partial charge in [-0.3, -0.25) is 4.99 Å². The molecule has 1 aliphatic heterocycles. The SMILES string of the molecule is CCCCCCC/C=C/CCCCCCCC1=NCCN1CCN. The van der Waals surface area contributed by atoms with Crippen LogP contribution in [0.5, 0.6) is 0 Å². The zero-order valence-electron chi connectivity index (χ0n) is 16.1. The van der Waals surface area contributed by atoms with Gasteiger partial charge >= 0.3 is 0 Å². The van der Waals surface area contributed by atoms with Crippen molar-refractivity contribution in [2.45, 2.75) is 90.4 Å². The molecule has 0 unspecified atom stereocenters. The number of amidine groups is 1. The third-order valence-corrected chi connectivity index (χ3v) is 4.84. The molecule has 0 atom stereocenters. The van der Waals surface area contributed by atoms with Crippen molar-refractivity contribution in [1.29, 1.82) is 0 Å².